The molecule has 2 heterocycles. The summed E-state index contributed by atoms with van der Waals surface area (Å²) in [5.41, 5.74) is 2.12. The summed E-state index contributed by atoms with van der Waals surface area (Å²) in [4.78, 5) is 8.16. The number of anilines is 1. The maximum Gasteiger partial charge on any atom is 0.212 e. The Morgan fingerprint density at radius 3 is 2.60 bits per heavy atom. The molecule has 2 aliphatic rings. The Morgan fingerprint density at radius 2 is 1.90 bits per heavy atom. The van der Waals surface area contributed by atoms with Gasteiger partial charge in [0.15, 0.2) is 0 Å². The Hall–Kier alpha value is -2.13. The zero-order chi connectivity index (χ0) is 21.1. The van der Waals surface area contributed by atoms with E-state index in [0.717, 1.165) is 50.5 Å². The molecule has 0 N–H and O–H groups in total. The molecule has 30 heavy (non-hydrogen) atoms. The summed E-state index contributed by atoms with van der Waals surface area (Å²) >= 11 is 6.04. The van der Waals surface area contributed by atoms with E-state index >= 15 is 0 Å². The van der Waals surface area contributed by atoms with Gasteiger partial charge < -0.3 is 9.64 Å². The molecule has 0 unspecified atom stereocenters. The van der Waals surface area contributed by atoms with E-state index in [1.165, 1.54) is 11.6 Å². The first-order chi connectivity index (χ1) is 14.5. The summed E-state index contributed by atoms with van der Waals surface area (Å²) in [5.74, 6) is -0.303. The van der Waals surface area contributed by atoms with E-state index in [1.807, 2.05) is 17.0 Å². The van der Waals surface area contributed by atoms with Gasteiger partial charge in [-0.1, -0.05) is 35.9 Å². The van der Waals surface area contributed by atoms with Crippen molar-refractivity contribution in [1.29, 1.82) is 0 Å². The van der Waals surface area contributed by atoms with E-state index in [-0.39, 0.29) is 11.9 Å². The monoisotopic (exact) mass is 427 g/mol. The van der Waals surface area contributed by atoms with Gasteiger partial charge in [-0.2, -0.15) is 0 Å². The Balaban J connectivity index is 1.45. The third-order valence-corrected chi connectivity index (χ3v) is 6.48. The third-order valence-electron chi connectivity index (χ3n) is 6.23. The largest absolute Gasteiger partial charge is 0.378 e. The zero-order valence-electron chi connectivity index (χ0n) is 17.2. The first-order valence-electron chi connectivity index (χ1n) is 10.6. The molecule has 2 saturated heterocycles. The lowest BCUT2D eigenvalue weighted by Gasteiger charge is -2.46. The number of benzene rings is 2. The van der Waals surface area contributed by atoms with E-state index in [2.05, 4.69) is 28.8 Å². The van der Waals surface area contributed by atoms with Crippen molar-refractivity contribution in [3.63, 3.8) is 0 Å². The SMILES string of the molecule is [C-]#[N+]c1cccc(F)c1N1CCC(N2C[C@H](C)OC[C@@H]2Cc2ccc(Cl)cc2)CC1. The van der Waals surface area contributed by atoms with Gasteiger partial charge in [-0.3, -0.25) is 4.90 Å². The normalized spacial score (nSPS) is 23.3. The molecule has 0 aromatic heterocycles. The number of hydrogen-bond donors (Lipinski definition) is 0. The quantitative estimate of drug-likeness (QED) is 0.615. The van der Waals surface area contributed by atoms with E-state index in [4.69, 9.17) is 22.9 Å². The summed E-state index contributed by atoms with van der Waals surface area (Å²) in [6.45, 7) is 12.6. The van der Waals surface area contributed by atoms with Crippen molar-refractivity contribution in [2.24, 2.45) is 0 Å². The van der Waals surface area contributed by atoms with Gasteiger partial charge in [0.1, 0.15) is 5.82 Å². The van der Waals surface area contributed by atoms with Crippen LogP contribution in [0.25, 0.3) is 4.85 Å². The Kier molecular flexibility index (Phi) is 6.58. The van der Waals surface area contributed by atoms with Gasteiger partial charge in [0.25, 0.3) is 0 Å². The van der Waals surface area contributed by atoms with Crippen molar-refractivity contribution in [2.45, 2.75) is 44.4 Å². The molecule has 0 bridgehead atoms. The number of para-hydroxylation sites is 1. The van der Waals surface area contributed by atoms with Gasteiger partial charge in [-0.25, -0.2) is 9.24 Å². The molecule has 2 aromatic carbocycles. The molecule has 0 amide bonds. The third kappa shape index (κ3) is 4.62. The molecular formula is C24H27ClFN3O. The van der Waals surface area contributed by atoms with Gasteiger partial charge in [0, 0.05) is 36.7 Å². The van der Waals surface area contributed by atoms with Crippen LogP contribution in [0.15, 0.2) is 42.5 Å². The van der Waals surface area contributed by atoms with Crippen LogP contribution < -0.4 is 4.90 Å². The molecule has 4 nitrogen and oxygen atoms in total. The predicted molar refractivity (Wildman–Crippen MR) is 119 cm³/mol. The van der Waals surface area contributed by atoms with E-state index < -0.39 is 0 Å². The number of ether oxygens (including phenoxy) is 1. The second-order valence-electron chi connectivity index (χ2n) is 8.26. The molecule has 0 spiro atoms. The average molecular weight is 428 g/mol. The van der Waals surface area contributed by atoms with E-state index in [9.17, 15) is 4.39 Å². The van der Waals surface area contributed by atoms with Crippen LogP contribution in [0, 0.1) is 12.4 Å². The lowest BCUT2D eigenvalue weighted by Crippen LogP contribution is -2.56. The lowest BCUT2D eigenvalue weighted by molar-refractivity contribution is -0.0745. The smallest absolute Gasteiger partial charge is 0.212 e. The Morgan fingerprint density at radius 1 is 1.17 bits per heavy atom. The van der Waals surface area contributed by atoms with Crippen LogP contribution in [0.2, 0.25) is 5.02 Å². The number of rotatable bonds is 4. The van der Waals surface area contributed by atoms with Crippen molar-refractivity contribution in [3.8, 4) is 0 Å². The fourth-order valence-corrected chi connectivity index (χ4v) is 4.84. The summed E-state index contributed by atoms with van der Waals surface area (Å²) in [6, 6.07) is 13.6. The number of morpholine rings is 1. The highest BCUT2D eigenvalue weighted by molar-refractivity contribution is 6.30. The van der Waals surface area contributed by atoms with E-state index in [1.54, 1.807) is 12.1 Å². The molecule has 2 fully saturated rings. The number of nitrogens with zero attached hydrogens (tertiary/aromatic N) is 3. The molecule has 6 heteroatoms. The minimum atomic E-state index is -0.303. The van der Waals surface area contributed by atoms with Gasteiger partial charge in [-0.15, -0.1) is 0 Å². The highest BCUT2D eigenvalue weighted by atomic mass is 35.5. The van der Waals surface area contributed by atoms with Crippen LogP contribution >= 0.6 is 11.6 Å². The number of piperidine rings is 1. The maximum atomic E-state index is 14.4. The van der Waals surface area contributed by atoms with Crippen molar-refractivity contribution >= 4 is 23.0 Å². The lowest BCUT2D eigenvalue weighted by atomic mass is 9.96. The second-order valence-corrected chi connectivity index (χ2v) is 8.70. The second kappa shape index (κ2) is 9.34. The molecule has 2 aliphatic heterocycles. The fourth-order valence-electron chi connectivity index (χ4n) is 4.71. The standard InChI is InChI=1S/C24H27ClFN3O/c1-17-15-29(21(16-30-17)14-18-6-8-19(25)9-7-18)20-10-12-28(13-11-20)24-22(26)4-3-5-23(24)27-2/h3-9,17,20-21H,10-16H2,1H3/t17-,21-/m0/s1. The van der Waals surface area contributed by atoms with Crippen LogP contribution in [0.3, 0.4) is 0 Å². The number of hydrogen-bond acceptors (Lipinski definition) is 3. The minimum Gasteiger partial charge on any atom is -0.378 e. The van der Waals surface area contributed by atoms with Crippen LogP contribution in [0.1, 0.15) is 25.3 Å². The fraction of sp³-hybridized carbons (Fsp3) is 0.458. The van der Waals surface area contributed by atoms with Gasteiger partial charge in [-0.05, 0) is 49.9 Å². The van der Waals surface area contributed by atoms with Gasteiger partial charge in [0.2, 0.25) is 5.69 Å². The number of halogens is 2. The highest BCUT2D eigenvalue weighted by Crippen LogP contribution is 2.35. The summed E-state index contributed by atoms with van der Waals surface area (Å²) in [5, 5.41) is 0.753. The topological polar surface area (TPSA) is 20.1 Å². The van der Waals surface area contributed by atoms with Crippen molar-refractivity contribution in [2.75, 3.05) is 31.1 Å². The maximum absolute atomic E-state index is 14.4. The summed E-state index contributed by atoms with van der Waals surface area (Å²) < 4.78 is 20.4. The summed E-state index contributed by atoms with van der Waals surface area (Å²) in [6.07, 6.45) is 3.05. The zero-order valence-corrected chi connectivity index (χ0v) is 18.0. The van der Waals surface area contributed by atoms with Crippen molar-refractivity contribution in [1.82, 2.24) is 4.90 Å². The summed E-state index contributed by atoms with van der Waals surface area (Å²) in [7, 11) is 0. The van der Waals surface area contributed by atoms with Crippen molar-refractivity contribution < 1.29 is 9.13 Å². The Labute approximate surface area is 183 Å². The minimum absolute atomic E-state index is 0.213. The molecule has 4 rings (SSSR count). The molecule has 0 aliphatic carbocycles. The van der Waals surface area contributed by atoms with Crippen LogP contribution in [0.4, 0.5) is 15.8 Å². The van der Waals surface area contributed by atoms with Gasteiger partial charge >= 0.3 is 0 Å². The van der Waals surface area contributed by atoms with Crippen LogP contribution in [-0.2, 0) is 11.2 Å². The Bertz CT molecular complexity index is 906. The van der Waals surface area contributed by atoms with Crippen molar-refractivity contribution in [3.05, 3.63) is 70.3 Å². The predicted octanol–water partition coefficient (Wildman–Crippen LogP) is 5.33. The molecule has 2 aromatic rings. The average Bonchev–Trinajstić information content (AvgIpc) is 2.76. The molecule has 0 saturated carbocycles. The first-order valence-corrected chi connectivity index (χ1v) is 11.0. The molecule has 158 valence electrons. The molecule has 0 radical (unpaired) electrons. The van der Waals surface area contributed by atoms with Crippen LogP contribution in [0.5, 0.6) is 0 Å². The highest BCUT2D eigenvalue weighted by Gasteiger charge is 2.34. The van der Waals surface area contributed by atoms with Gasteiger partial charge in [0.05, 0.1) is 25.0 Å². The first kappa shape index (κ1) is 21.1. The molecule has 2 atom stereocenters. The van der Waals surface area contributed by atoms with Crippen LogP contribution in [-0.4, -0.2) is 49.3 Å². The molecular weight excluding hydrogens is 401 g/mol. The van der Waals surface area contributed by atoms with E-state index in [0.29, 0.717) is 23.5 Å².